The Kier molecular flexibility index (Phi) is 6.74. The Morgan fingerprint density at radius 1 is 1.43 bits per heavy atom. The van der Waals surface area contributed by atoms with Gasteiger partial charge in [-0.15, -0.1) is 0 Å². The standard InChI is InChI=1S/C9H18N2O3/c1-3-11(7-8(13)10-2)9(14)5-4-6-12/h12H,3-7H2,1-2H3,(H,10,13). The maximum atomic E-state index is 11.4. The number of amides is 2. The Bertz CT molecular complexity index is 194. The van der Waals surface area contributed by atoms with E-state index < -0.39 is 0 Å². The van der Waals surface area contributed by atoms with Crippen molar-refractivity contribution in [3.63, 3.8) is 0 Å². The first-order valence-corrected chi connectivity index (χ1v) is 4.74. The van der Waals surface area contributed by atoms with E-state index in [-0.39, 0.29) is 25.0 Å². The molecule has 0 aliphatic rings. The van der Waals surface area contributed by atoms with Gasteiger partial charge in [0.2, 0.25) is 11.8 Å². The number of carbonyl (C=O) groups is 2. The van der Waals surface area contributed by atoms with Crippen LogP contribution >= 0.6 is 0 Å². The van der Waals surface area contributed by atoms with Crippen LogP contribution in [0.25, 0.3) is 0 Å². The lowest BCUT2D eigenvalue weighted by atomic mass is 10.3. The number of hydrogen-bond acceptors (Lipinski definition) is 3. The van der Waals surface area contributed by atoms with Crippen LogP contribution in [0.3, 0.4) is 0 Å². The molecule has 0 spiro atoms. The van der Waals surface area contributed by atoms with E-state index in [4.69, 9.17) is 5.11 Å². The third kappa shape index (κ3) is 4.81. The Balaban J connectivity index is 3.98. The molecule has 0 heterocycles. The Morgan fingerprint density at radius 3 is 2.50 bits per heavy atom. The van der Waals surface area contributed by atoms with E-state index in [1.807, 2.05) is 6.92 Å². The van der Waals surface area contributed by atoms with E-state index in [0.29, 0.717) is 19.4 Å². The van der Waals surface area contributed by atoms with Gasteiger partial charge >= 0.3 is 0 Å². The molecule has 0 aromatic rings. The van der Waals surface area contributed by atoms with Crippen molar-refractivity contribution in [3.05, 3.63) is 0 Å². The van der Waals surface area contributed by atoms with Crippen LogP contribution in [0.5, 0.6) is 0 Å². The van der Waals surface area contributed by atoms with Crippen LogP contribution in [0, 0.1) is 0 Å². The molecule has 0 fully saturated rings. The number of likely N-dealkylation sites (N-methyl/N-ethyl adjacent to an activating group) is 2. The molecule has 5 nitrogen and oxygen atoms in total. The number of aliphatic hydroxyl groups is 1. The molecule has 0 aliphatic carbocycles. The fourth-order valence-electron chi connectivity index (χ4n) is 1.02. The molecule has 0 unspecified atom stereocenters. The van der Waals surface area contributed by atoms with Crippen LogP contribution in [-0.4, -0.2) is 48.6 Å². The summed E-state index contributed by atoms with van der Waals surface area (Å²) in [5.41, 5.74) is 0. The van der Waals surface area contributed by atoms with E-state index in [1.165, 1.54) is 11.9 Å². The Morgan fingerprint density at radius 2 is 2.07 bits per heavy atom. The monoisotopic (exact) mass is 202 g/mol. The molecule has 82 valence electrons. The average molecular weight is 202 g/mol. The summed E-state index contributed by atoms with van der Waals surface area (Å²) >= 11 is 0. The molecule has 2 amide bonds. The predicted molar refractivity (Wildman–Crippen MR) is 52.6 cm³/mol. The molecule has 0 aromatic heterocycles. The van der Waals surface area contributed by atoms with Crippen molar-refractivity contribution in [2.24, 2.45) is 0 Å². The predicted octanol–water partition coefficient (Wildman–Crippen LogP) is -0.647. The second kappa shape index (κ2) is 7.32. The van der Waals surface area contributed by atoms with Crippen LogP contribution in [0.15, 0.2) is 0 Å². The highest BCUT2D eigenvalue weighted by molar-refractivity contribution is 5.84. The van der Waals surface area contributed by atoms with Gasteiger partial charge in [0.15, 0.2) is 0 Å². The van der Waals surface area contributed by atoms with E-state index in [2.05, 4.69) is 5.32 Å². The fourth-order valence-corrected chi connectivity index (χ4v) is 1.02. The van der Waals surface area contributed by atoms with Crippen LogP contribution < -0.4 is 5.32 Å². The molecule has 0 saturated carbocycles. The zero-order valence-corrected chi connectivity index (χ0v) is 8.75. The van der Waals surface area contributed by atoms with Crippen LogP contribution in [-0.2, 0) is 9.59 Å². The van der Waals surface area contributed by atoms with Crippen molar-refractivity contribution in [1.29, 1.82) is 0 Å². The summed E-state index contributed by atoms with van der Waals surface area (Å²) < 4.78 is 0. The van der Waals surface area contributed by atoms with Gasteiger partial charge < -0.3 is 15.3 Å². The largest absolute Gasteiger partial charge is 0.396 e. The summed E-state index contributed by atoms with van der Waals surface area (Å²) in [5, 5.41) is 11.0. The van der Waals surface area contributed by atoms with Gasteiger partial charge in [-0.25, -0.2) is 0 Å². The van der Waals surface area contributed by atoms with Crippen LogP contribution in [0.1, 0.15) is 19.8 Å². The second-order valence-corrected chi connectivity index (χ2v) is 2.91. The van der Waals surface area contributed by atoms with Crippen molar-refractivity contribution >= 4 is 11.8 Å². The molecule has 0 atom stereocenters. The highest BCUT2D eigenvalue weighted by atomic mass is 16.3. The van der Waals surface area contributed by atoms with Crippen molar-refractivity contribution in [2.45, 2.75) is 19.8 Å². The van der Waals surface area contributed by atoms with Crippen LogP contribution in [0.4, 0.5) is 0 Å². The fraction of sp³-hybridized carbons (Fsp3) is 0.778. The zero-order valence-electron chi connectivity index (χ0n) is 8.75. The summed E-state index contributed by atoms with van der Waals surface area (Å²) in [7, 11) is 1.54. The van der Waals surface area contributed by atoms with E-state index in [0.717, 1.165) is 0 Å². The van der Waals surface area contributed by atoms with E-state index >= 15 is 0 Å². The molecule has 0 aliphatic heterocycles. The average Bonchev–Trinajstić information content (AvgIpc) is 2.21. The first-order valence-electron chi connectivity index (χ1n) is 4.74. The van der Waals surface area contributed by atoms with Crippen molar-refractivity contribution in [2.75, 3.05) is 26.7 Å². The van der Waals surface area contributed by atoms with Gasteiger partial charge in [-0.05, 0) is 13.3 Å². The molecular formula is C9H18N2O3. The first-order chi connectivity index (χ1) is 6.65. The number of nitrogens with one attached hydrogen (secondary N) is 1. The molecule has 5 heteroatoms. The Hall–Kier alpha value is -1.10. The smallest absolute Gasteiger partial charge is 0.239 e. The van der Waals surface area contributed by atoms with Gasteiger partial charge in [-0.2, -0.15) is 0 Å². The van der Waals surface area contributed by atoms with Gasteiger partial charge in [-0.3, -0.25) is 9.59 Å². The normalized spacial score (nSPS) is 9.64. The maximum Gasteiger partial charge on any atom is 0.239 e. The second-order valence-electron chi connectivity index (χ2n) is 2.91. The maximum absolute atomic E-state index is 11.4. The van der Waals surface area contributed by atoms with Gasteiger partial charge in [0, 0.05) is 26.6 Å². The third-order valence-corrected chi connectivity index (χ3v) is 1.90. The number of hydrogen-bond donors (Lipinski definition) is 2. The minimum absolute atomic E-state index is 0.00324. The molecule has 14 heavy (non-hydrogen) atoms. The highest BCUT2D eigenvalue weighted by Crippen LogP contribution is 1.97. The van der Waals surface area contributed by atoms with Gasteiger partial charge in [0.05, 0.1) is 6.54 Å². The Labute approximate surface area is 84.1 Å². The lowest BCUT2D eigenvalue weighted by Crippen LogP contribution is -2.39. The topological polar surface area (TPSA) is 69.6 Å². The van der Waals surface area contributed by atoms with Crippen molar-refractivity contribution in [1.82, 2.24) is 10.2 Å². The quantitative estimate of drug-likeness (QED) is 0.601. The van der Waals surface area contributed by atoms with Crippen molar-refractivity contribution < 1.29 is 14.7 Å². The molecule has 2 N–H and O–H groups in total. The molecular weight excluding hydrogens is 184 g/mol. The number of carbonyl (C=O) groups excluding carboxylic acids is 2. The number of nitrogens with zero attached hydrogens (tertiary/aromatic N) is 1. The lowest BCUT2D eigenvalue weighted by Gasteiger charge is -2.19. The molecule has 0 saturated heterocycles. The molecule has 0 rings (SSSR count). The van der Waals surface area contributed by atoms with Gasteiger partial charge in [0.25, 0.3) is 0 Å². The summed E-state index contributed by atoms with van der Waals surface area (Å²) in [4.78, 5) is 23.9. The lowest BCUT2D eigenvalue weighted by molar-refractivity contribution is -0.135. The SMILES string of the molecule is CCN(CC(=O)NC)C(=O)CCCO. The molecule has 0 bridgehead atoms. The summed E-state index contributed by atoms with van der Waals surface area (Å²) in [6.45, 7) is 2.43. The van der Waals surface area contributed by atoms with Gasteiger partial charge in [0.1, 0.15) is 0 Å². The minimum Gasteiger partial charge on any atom is -0.396 e. The third-order valence-electron chi connectivity index (χ3n) is 1.90. The summed E-state index contributed by atoms with van der Waals surface area (Å²) in [6, 6.07) is 0. The highest BCUT2D eigenvalue weighted by Gasteiger charge is 2.13. The summed E-state index contributed by atoms with van der Waals surface area (Å²) in [5.74, 6) is -0.269. The number of rotatable bonds is 6. The minimum atomic E-state index is -0.177. The van der Waals surface area contributed by atoms with E-state index in [1.54, 1.807) is 0 Å². The molecule has 0 aromatic carbocycles. The van der Waals surface area contributed by atoms with Crippen molar-refractivity contribution in [3.8, 4) is 0 Å². The summed E-state index contributed by atoms with van der Waals surface area (Å²) in [6.07, 6.45) is 0.740. The number of aliphatic hydroxyl groups excluding tert-OH is 1. The van der Waals surface area contributed by atoms with Crippen LogP contribution in [0.2, 0.25) is 0 Å². The van der Waals surface area contributed by atoms with E-state index in [9.17, 15) is 9.59 Å². The first kappa shape index (κ1) is 12.9. The molecule has 0 radical (unpaired) electrons. The van der Waals surface area contributed by atoms with Gasteiger partial charge in [-0.1, -0.05) is 0 Å². The zero-order chi connectivity index (χ0) is 11.0.